The van der Waals surface area contributed by atoms with Crippen molar-refractivity contribution in [2.45, 2.75) is 59.3 Å². The van der Waals surface area contributed by atoms with E-state index < -0.39 is 0 Å². The van der Waals surface area contributed by atoms with Gasteiger partial charge in [-0.25, -0.2) is 0 Å². The van der Waals surface area contributed by atoms with Crippen molar-refractivity contribution in [1.29, 1.82) is 0 Å². The Morgan fingerprint density at radius 3 is 1.70 bits per heavy atom. The highest BCUT2D eigenvalue weighted by Gasteiger charge is 2.19. The van der Waals surface area contributed by atoms with Crippen molar-refractivity contribution in [3.05, 3.63) is 47.2 Å². The minimum Gasteiger partial charge on any atom is -0.464 e. The van der Waals surface area contributed by atoms with Gasteiger partial charge in [-0.15, -0.1) is 0 Å². The van der Waals surface area contributed by atoms with Crippen LogP contribution < -0.4 is 0 Å². The average Bonchev–Trinajstić information content (AvgIpc) is 2.90. The molecule has 1 heteroatoms. The Kier molecular flexibility index (Phi) is 4.37. The standard InChI is InChI=1S/C19H26O/c1-12(2)15-10-16(13(3)4)19(17(11-15)14(5)6)18-8-7-9-20-18/h7-14H,1-6H3. The molecular formula is C19H26O. The van der Waals surface area contributed by atoms with Crippen molar-refractivity contribution < 1.29 is 4.42 Å². The van der Waals surface area contributed by atoms with Crippen molar-refractivity contribution in [3.8, 4) is 11.3 Å². The number of hydrogen-bond donors (Lipinski definition) is 0. The van der Waals surface area contributed by atoms with E-state index in [1.807, 2.05) is 6.07 Å². The largest absolute Gasteiger partial charge is 0.464 e. The van der Waals surface area contributed by atoms with Crippen molar-refractivity contribution >= 4 is 0 Å². The van der Waals surface area contributed by atoms with E-state index in [0.29, 0.717) is 17.8 Å². The van der Waals surface area contributed by atoms with E-state index in [0.717, 1.165) is 5.76 Å². The Hall–Kier alpha value is -1.50. The predicted molar refractivity (Wildman–Crippen MR) is 86.4 cm³/mol. The first kappa shape index (κ1) is 14.9. The molecule has 0 saturated heterocycles. The van der Waals surface area contributed by atoms with Gasteiger partial charge in [0.25, 0.3) is 0 Å². The van der Waals surface area contributed by atoms with Gasteiger partial charge in [-0.05, 0) is 46.6 Å². The monoisotopic (exact) mass is 270 g/mol. The third-order valence-corrected chi connectivity index (χ3v) is 3.90. The van der Waals surface area contributed by atoms with E-state index in [9.17, 15) is 0 Å². The third-order valence-electron chi connectivity index (χ3n) is 3.90. The Balaban J connectivity index is 2.75. The Labute approximate surface area is 123 Å². The van der Waals surface area contributed by atoms with Crippen LogP contribution in [0.25, 0.3) is 11.3 Å². The first-order valence-electron chi connectivity index (χ1n) is 7.63. The van der Waals surface area contributed by atoms with E-state index in [4.69, 9.17) is 4.42 Å². The van der Waals surface area contributed by atoms with Crippen molar-refractivity contribution in [2.75, 3.05) is 0 Å². The molecule has 0 aliphatic carbocycles. The molecule has 1 aromatic heterocycles. The van der Waals surface area contributed by atoms with E-state index in [-0.39, 0.29) is 0 Å². The maximum atomic E-state index is 5.70. The van der Waals surface area contributed by atoms with Crippen molar-refractivity contribution in [1.82, 2.24) is 0 Å². The summed E-state index contributed by atoms with van der Waals surface area (Å²) >= 11 is 0. The lowest BCUT2D eigenvalue weighted by atomic mass is 9.83. The lowest BCUT2D eigenvalue weighted by molar-refractivity contribution is 0.579. The number of furan rings is 1. The maximum Gasteiger partial charge on any atom is 0.134 e. The van der Waals surface area contributed by atoms with Crippen LogP contribution in [0.3, 0.4) is 0 Å². The average molecular weight is 270 g/mol. The van der Waals surface area contributed by atoms with Crippen LogP contribution in [0.5, 0.6) is 0 Å². The molecule has 0 atom stereocenters. The number of hydrogen-bond acceptors (Lipinski definition) is 1. The lowest BCUT2D eigenvalue weighted by Crippen LogP contribution is -2.03. The highest BCUT2D eigenvalue weighted by atomic mass is 16.3. The molecule has 108 valence electrons. The summed E-state index contributed by atoms with van der Waals surface area (Å²) in [7, 11) is 0. The van der Waals surface area contributed by atoms with Crippen LogP contribution in [0.15, 0.2) is 34.9 Å². The molecule has 1 aromatic carbocycles. The summed E-state index contributed by atoms with van der Waals surface area (Å²) in [6, 6.07) is 8.76. The van der Waals surface area contributed by atoms with Gasteiger partial charge in [0.1, 0.15) is 5.76 Å². The van der Waals surface area contributed by atoms with E-state index in [1.165, 1.54) is 22.3 Å². The van der Waals surface area contributed by atoms with Crippen LogP contribution in [-0.2, 0) is 0 Å². The fraction of sp³-hybridized carbons (Fsp3) is 0.474. The molecule has 0 aliphatic rings. The smallest absolute Gasteiger partial charge is 0.134 e. The molecule has 20 heavy (non-hydrogen) atoms. The van der Waals surface area contributed by atoms with Gasteiger partial charge in [-0.2, -0.15) is 0 Å². The van der Waals surface area contributed by atoms with Gasteiger partial charge in [0.2, 0.25) is 0 Å². The zero-order chi connectivity index (χ0) is 14.9. The fourth-order valence-electron chi connectivity index (χ4n) is 2.66. The molecular weight excluding hydrogens is 244 g/mol. The zero-order valence-electron chi connectivity index (χ0n) is 13.5. The molecule has 0 aliphatic heterocycles. The lowest BCUT2D eigenvalue weighted by Gasteiger charge is -2.21. The van der Waals surface area contributed by atoms with Crippen LogP contribution >= 0.6 is 0 Å². The first-order chi connectivity index (χ1) is 9.41. The summed E-state index contributed by atoms with van der Waals surface area (Å²) < 4.78 is 5.70. The molecule has 0 unspecified atom stereocenters. The molecule has 0 radical (unpaired) electrons. The molecule has 2 aromatic rings. The van der Waals surface area contributed by atoms with Gasteiger partial charge in [-0.3, -0.25) is 0 Å². The Bertz CT molecular complexity index is 530. The van der Waals surface area contributed by atoms with Gasteiger partial charge in [0.15, 0.2) is 0 Å². The highest BCUT2D eigenvalue weighted by Crippen LogP contribution is 2.38. The van der Waals surface area contributed by atoms with E-state index in [2.05, 4.69) is 59.7 Å². The topological polar surface area (TPSA) is 13.1 Å². The van der Waals surface area contributed by atoms with Crippen molar-refractivity contribution in [2.24, 2.45) is 0 Å². The molecule has 1 nitrogen and oxygen atoms in total. The molecule has 0 N–H and O–H groups in total. The first-order valence-corrected chi connectivity index (χ1v) is 7.63. The summed E-state index contributed by atoms with van der Waals surface area (Å²) in [5, 5.41) is 0. The fourth-order valence-corrected chi connectivity index (χ4v) is 2.66. The van der Waals surface area contributed by atoms with Gasteiger partial charge in [0.05, 0.1) is 6.26 Å². The van der Waals surface area contributed by atoms with Crippen LogP contribution in [0.2, 0.25) is 0 Å². The van der Waals surface area contributed by atoms with Gasteiger partial charge >= 0.3 is 0 Å². The molecule has 2 rings (SSSR count). The van der Waals surface area contributed by atoms with Crippen LogP contribution in [0.4, 0.5) is 0 Å². The van der Waals surface area contributed by atoms with Crippen LogP contribution in [0.1, 0.15) is 76.0 Å². The predicted octanol–water partition coefficient (Wildman–Crippen LogP) is 6.32. The van der Waals surface area contributed by atoms with Gasteiger partial charge in [0, 0.05) is 5.56 Å². The summed E-state index contributed by atoms with van der Waals surface area (Å²) in [6.45, 7) is 13.6. The maximum absolute atomic E-state index is 5.70. The zero-order valence-corrected chi connectivity index (χ0v) is 13.5. The van der Waals surface area contributed by atoms with Crippen LogP contribution in [0, 0.1) is 0 Å². The Morgan fingerprint density at radius 1 is 0.800 bits per heavy atom. The summed E-state index contributed by atoms with van der Waals surface area (Å²) in [5.41, 5.74) is 5.52. The Morgan fingerprint density at radius 2 is 1.35 bits per heavy atom. The molecule has 1 heterocycles. The molecule has 0 fully saturated rings. The number of benzene rings is 1. The quantitative estimate of drug-likeness (QED) is 0.634. The van der Waals surface area contributed by atoms with E-state index >= 15 is 0 Å². The molecule has 0 spiro atoms. The van der Waals surface area contributed by atoms with Gasteiger partial charge < -0.3 is 4.42 Å². The minimum atomic E-state index is 0.492. The second kappa shape index (κ2) is 5.87. The molecule has 0 saturated carbocycles. The normalized spacial score (nSPS) is 11.8. The second-order valence-electron chi connectivity index (χ2n) is 6.52. The highest BCUT2D eigenvalue weighted by molar-refractivity contribution is 5.69. The van der Waals surface area contributed by atoms with Gasteiger partial charge in [-0.1, -0.05) is 53.7 Å². The van der Waals surface area contributed by atoms with Crippen LogP contribution in [-0.4, -0.2) is 0 Å². The SMILES string of the molecule is CC(C)c1cc(C(C)C)c(-c2ccco2)c(C(C)C)c1. The minimum absolute atomic E-state index is 0.492. The summed E-state index contributed by atoms with van der Waals surface area (Å²) in [5.74, 6) is 2.53. The second-order valence-corrected chi connectivity index (χ2v) is 6.52. The molecule has 0 amide bonds. The summed E-state index contributed by atoms with van der Waals surface area (Å²) in [6.07, 6.45) is 1.76. The summed E-state index contributed by atoms with van der Waals surface area (Å²) in [4.78, 5) is 0. The number of rotatable bonds is 4. The third kappa shape index (κ3) is 2.82. The van der Waals surface area contributed by atoms with E-state index in [1.54, 1.807) is 6.26 Å². The molecule has 0 bridgehead atoms. The van der Waals surface area contributed by atoms with Crippen molar-refractivity contribution in [3.63, 3.8) is 0 Å².